The second-order valence-corrected chi connectivity index (χ2v) is 5.68. The monoisotopic (exact) mass is 312 g/mol. The molecule has 0 saturated heterocycles. The molecular weight excluding hydrogens is 300 g/mol. The second kappa shape index (κ2) is 4.05. The number of fused-ring (bicyclic) bond motifs is 4. The van der Waals surface area contributed by atoms with E-state index in [1.807, 2.05) is 0 Å². The Bertz CT molecular complexity index is 914. The molecule has 2 aliphatic rings. The highest BCUT2D eigenvalue weighted by molar-refractivity contribution is 6.09. The fourth-order valence-electron chi connectivity index (χ4n) is 3.59. The van der Waals surface area contributed by atoms with Gasteiger partial charge in [-0.1, -0.05) is 36.4 Å². The molecule has 1 spiro atoms. The molecule has 2 unspecified atom stereocenters. The molecule has 2 atom stereocenters. The summed E-state index contributed by atoms with van der Waals surface area (Å²) < 4.78 is 0. The van der Waals surface area contributed by atoms with E-state index in [0.29, 0.717) is 5.56 Å². The summed E-state index contributed by atoms with van der Waals surface area (Å²) in [6, 6.07) is 6.94. The van der Waals surface area contributed by atoms with Crippen LogP contribution in [0.2, 0.25) is 0 Å². The second-order valence-electron chi connectivity index (χ2n) is 5.68. The molecular formula is C17H12O6. The number of aliphatic hydroxyl groups excluding tert-OH is 1. The molecule has 0 saturated carbocycles. The van der Waals surface area contributed by atoms with Gasteiger partial charge in [0.1, 0.15) is 11.5 Å². The summed E-state index contributed by atoms with van der Waals surface area (Å²) in [5, 5.41) is 50.1. The van der Waals surface area contributed by atoms with Crippen molar-refractivity contribution in [2.24, 2.45) is 0 Å². The molecule has 0 amide bonds. The first-order valence-corrected chi connectivity index (χ1v) is 6.92. The van der Waals surface area contributed by atoms with E-state index in [1.165, 1.54) is 6.08 Å². The van der Waals surface area contributed by atoms with Crippen LogP contribution in [0.3, 0.4) is 0 Å². The number of aromatic hydroxyl groups is 4. The van der Waals surface area contributed by atoms with Crippen LogP contribution >= 0.6 is 0 Å². The van der Waals surface area contributed by atoms with Gasteiger partial charge in [-0.05, 0) is 11.1 Å². The average Bonchev–Trinajstić information content (AvgIpc) is 3.04. The Balaban J connectivity index is 2.17. The van der Waals surface area contributed by atoms with Crippen LogP contribution < -0.4 is 0 Å². The van der Waals surface area contributed by atoms with Crippen molar-refractivity contribution in [1.82, 2.24) is 0 Å². The van der Waals surface area contributed by atoms with Gasteiger partial charge >= 0.3 is 0 Å². The van der Waals surface area contributed by atoms with Gasteiger partial charge in [-0.2, -0.15) is 0 Å². The smallest absolute Gasteiger partial charge is 0.204 e. The number of allylic oxidation sites excluding steroid dienone is 1. The third-order valence-corrected chi connectivity index (χ3v) is 4.64. The largest absolute Gasteiger partial charge is 0.504 e. The van der Waals surface area contributed by atoms with Crippen LogP contribution in [0, 0.1) is 0 Å². The van der Waals surface area contributed by atoms with Crippen LogP contribution in [0.15, 0.2) is 30.3 Å². The fourth-order valence-corrected chi connectivity index (χ4v) is 3.59. The lowest BCUT2D eigenvalue weighted by molar-refractivity contribution is -0.128. The Morgan fingerprint density at radius 3 is 2.30 bits per heavy atom. The van der Waals surface area contributed by atoms with Crippen LogP contribution in [0.5, 0.6) is 23.0 Å². The first-order chi connectivity index (χ1) is 10.9. The zero-order chi connectivity index (χ0) is 16.5. The topological polar surface area (TPSA) is 118 Å². The molecule has 5 N–H and O–H groups in total. The molecule has 0 radical (unpaired) electrons. The van der Waals surface area contributed by atoms with Crippen molar-refractivity contribution in [3.63, 3.8) is 0 Å². The van der Waals surface area contributed by atoms with Gasteiger partial charge in [0.2, 0.25) is 11.5 Å². The predicted octanol–water partition coefficient (Wildman–Crippen LogP) is 1.44. The van der Waals surface area contributed by atoms with Crippen LogP contribution in [0.1, 0.15) is 28.4 Å². The number of hydrogen-bond acceptors (Lipinski definition) is 6. The van der Waals surface area contributed by atoms with Crippen molar-refractivity contribution in [2.45, 2.75) is 11.5 Å². The molecule has 2 aromatic carbocycles. The first-order valence-electron chi connectivity index (χ1n) is 6.92. The number of carbonyl (C=O) groups excluding carboxylic acids is 1. The minimum Gasteiger partial charge on any atom is -0.504 e. The number of hydrogen-bond donors (Lipinski definition) is 5. The molecule has 6 nitrogen and oxygen atoms in total. The van der Waals surface area contributed by atoms with E-state index in [9.17, 15) is 30.3 Å². The van der Waals surface area contributed by atoms with Gasteiger partial charge in [0.15, 0.2) is 17.3 Å². The molecule has 0 aromatic heterocycles. The maximum Gasteiger partial charge on any atom is 0.204 e. The summed E-state index contributed by atoms with van der Waals surface area (Å²) in [7, 11) is 0. The molecule has 0 heterocycles. The number of benzene rings is 2. The minimum absolute atomic E-state index is 0.107. The van der Waals surface area contributed by atoms with Crippen LogP contribution in [-0.2, 0) is 10.2 Å². The summed E-state index contributed by atoms with van der Waals surface area (Å²) in [4.78, 5) is 12.8. The molecule has 116 valence electrons. The lowest BCUT2D eigenvalue weighted by Crippen LogP contribution is -2.31. The van der Waals surface area contributed by atoms with E-state index in [-0.39, 0.29) is 11.1 Å². The number of carbonyl (C=O) groups is 1. The number of ketones is 1. The summed E-state index contributed by atoms with van der Waals surface area (Å²) in [5.41, 5.74) is -0.638. The van der Waals surface area contributed by atoms with Crippen molar-refractivity contribution in [1.29, 1.82) is 0 Å². The van der Waals surface area contributed by atoms with E-state index >= 15 is 0 Å². The summed E-state index contributed by atoms with van der Waals surface area (Å²) in [6.07, 6.45) is 1.47. The van der Waals surface area contributed by atoms with Crippen molar-refractivity contribution in [3.8, 4) is 23.0 Å². The highest BCUT2D eigenvalue weighted by atomic mass is 16.3. The average molecular weight is 312 g/mol. The lowest BCUT2D eigenvalue weighted by atomic mass is 9.76. The van der Waals surface area contributed by atoms with E-state index in [2.05, 4.69) is 0 Å². The molecule has 6 heteroatoms. The predicted molar refractivity (Wildman–Crippen MR) is 79.3 cm³/mol. The third kappa shape index (κ3) is 1.34. The maximum absolute atomic E-state index is 12.8. The van der Waals surface area contributed by atoms with Gasteiger partial charge in [-0.15, -0.1) is 0 Å². The Kier molecular flexibility index (Phi) is 2.41. The lowest BCUT2D eigenvalue weighted by Gasteiger charge is -2.24. The standard InChI is InChI=1S/C17H12O6/c18-11-9-10(13(20)15(22)14(11)21)17(16(23)12(9)19)6-5-7-3-1-2-4-8(7)17/h1-6,12,18-22H. The number of phenolic OH excluding ortho intramolecular Hbond substituents is 4. The number of Topliss-reactive ketones (excluding diaryl/α,β-unsaturated/α-hetero) is 1. The van der Waals surface area contributed by atoms with Crippen molar-refractivity contribution >= 4 is 11.9 Å². The highest BCUT2D eigenvalue weighted by Gasteiger charge is 2.57. The molecule has 4 rings (SSSR count). The van der Waals surface area contributed by atoms with E-state index in [4.69, 9.17) is 0 Å². The molecule has 0 aliphatic heterocycles. The van der Waals surface area contributed by atoms with Gasteiger partial charge < -0.3 is 25.5 Å². The first kappa shape index (κ1) is 13.7. The molecule has 0 fully saturated rings. The quantitative estimate of drug-likeness (QED) is 0.371. The summed E-state index contributed by atoms with van der Waals surface area (Å²) in [5.74, 6) is -4.11. The fraction of sp³-hybridized carbons (Fsp3) is 0.118. The van der Waals surface area contributed by atoms with Crippen molar-refractivity contribution in [3.05, 3.63) is 52.6 Å². The Morgan fingerprint density at radius 1 is 0.913 bits per heavy atom. The van der Waals surface area contributed by atoms with Gasteiger partial charge in [-0.25, -0.2) is 0 Å². The molecule has 0 bridgehead atoms. The van der Waals surface area contributed by atoms with Crippen LogP contribution in [-0.4, -0.2) is 31.3 Å². The SMILES string of the molecule is O=C1C(O)c2c(O)c(O)c(O)c(O)c2C12C=Cc1ccccc12. The minimum atomic E-state index is -1.72. The Labute approximate surface area is 130 Å². The summed E-state index contributed by atoms with van der Waals surface area (Å²) >= 11 is 0. The van der Waals surface area contributed by atoms with Gasteiger partial charge in [0, 0.05) is 11.1 Å². The molecule has 2 aromatic rings. The van der Waals surface area contributed by atoms with Crippen molar-refractivity contribution < 1.29 is 30.3 Å². The van der Waals surface area contributed by atoms with Crippen LogP contribution in [0.25, 0.3) is 6.08 Å². The van der Waals surface area contributed by atoms with E-state index in [1.54, 1.807) is 30.3 Å². The van der Waals surface area contributed by atoms with E-state index < -0.39 is 40.3 Å². The number of phenols is 4. The van der Waals surface area contributed by atoms with Gasteiger partial charge in [-0.3, -0.25) is 4.79 Å². The molecule has 2 aliphatic carbocycles. The molecule has 23 heavy (non-hydrogen) atoms. The van der Waals surface area contributed by atoms with Crippen LogP contribution in [0.4, 0.5) is 0 Å². The van der Waals surface area contributed by atoms with E-state index in [0.717, 1.165) is 5.56 Å². The maximum atomic E-state index is 12.8. The normalized spacial score (nSPS) is 24.2. The Hall–Kier alpha value is -2.99. The van der Waals surface area contributed by atoms with Gasteiger partial charge in [0.25, 0.3) is 0 Å². The number of aliphatic hydroxyl groups is 1. The zero-order valence-corrected chi connectivity index (χ0v) is 11.7. The van der Waals surface area contributed by atoms with Crippen molar-refractivity contribution in [2.75, 3.05) is 0 Å². The Morgan fingerprint density at radius 2 is 1.57 bits per heavy atom. The third-order valence-electron chi connectivity index (χ3n) is 4.64. The number of rotatable bonds is 0. The summed E-state index contributed by atoms with van der Waals surface area (Å²) in [6.45, 7) is 0. The highest BCUT2D eigenvalue weighted by Crippen LogP contribution is 2.61. The zero-order valence-electron chi connectivity index (χ0n) is 11.7. The van der Waals surface area contributed by atoms with Gasteiger partial charge in [0.05, 0.1) is 0 Å².